The molecule has 1 aromatic carbocycles. The molecule has 26 heavy (non-hydrogen) atoms. The fourth-order valence-electron chi connectivity index (χ4n) is 2.48. The molecule has 0 atom stereocenters. The smallest absolute Gasteiger partial charge is 0.213 e. The van der Waals surface area contributed by atoms with Crippen LogP contribution in [-0.2, 0) is 0 Å². The third-order valence-electron chi connectivity index (χ3n) is 3.72. The number of ether oxygens (including phenoxy) is 1. The number of hydrogen-bond acceptors (Lipinski definition) is 7. The Balaban J connectivity index is 1.61. The first-order chi connectivity index (χ1) is 12.8. The molecule has 8 nitrogen and oxygen atoms in total. The van der Waals surface area contributed by atoms with Gasteiger partial charge in [0.1, 0.15) is 6.33 Å². The predicted molar refractivity (Wildman–Crippen MR) is 98.7 cm³/mol. The maximum Gasteiger partial charge on any atom is 0.213 e. The lowest BCUT2D eigenvalue weighted by Gasteiger charge is -2.03. The second kappa shape index (κ2) is 6.98. The minimum Gasteiger partial charge on any atom is -0.481 e. The van der Waals surface area contributed by atoms with Crippen molar-refractivity contribution in [2.75, 3.05) is 12.5 Å². The number of benzene rings is 1. The van der Waals surface area contributed by atoms with E-state index in [2.05, 4.69) is 30.6 Å². The molecule has 1 N–H and O–H groups in total. The van der Waals surface area contributed by atoms with Crippen molar-refractivity contribution in [3.05, 3.63) is 66.7 Å². The summed E-state index contributed by atoms with van der Waals surface area (Å²) in [5, 5.41) is 9.42. The van der Waals surface area contributed by atoms with E-state index in [1.54, 1.807) is 36.5 Å². The molecule has 0 spiro atoms. The normalized spacial score (nSPS) is 11.1. The third kappa shape index (κ3) is 3.07. The van der Waals surface area contributed by atoms with Gasteiger partial charge in [-0.25, -0.2) is 19.6 Å². The van der Waals surface area contributed by atoms with Crippen molar-refractivity contribution in [3.63, 3.8) is 0 Å². The molecule has 4 aromatic rings. The van der Waals surface area contributed by atoms with Gasteiger partial charge in [0.25, 0.3) is 0 Å². The van der Waals surface area contributed by atoms with Crippen LogP contribution in [0.15, 0.2) is 66.3 Å². The maximum absolute atomic E-state index is 5.10. The summed E-state index contributed by atoms with van der Waals surface area (Å²) >= 11 is 0. The van der Waals surface area contributed by atoms with E-state index in [-0.39, 0.29) is 0 Å². The average Bonchev–Trinajstić information content (AvgIpc) is 3.14. The number of hydrogen-bond donors (Lipinski definition) is 1. The largest absolute Gasteiger partial charge is 0.481 e. The van der Waals surface area contributed by atoms with Gasteiger partial charge in [-0.05, 0) is 18.2 Å². The molecule has 8 heteroatoms. The molecule has 0 aliphatic heterocycles. The SMILES string of the molecule is COc1cc(C=NNc2ncnc3c2cnn3-c2ccccc2)ccn1. The molecular weight excluding hydrogens is 330 g/mol. The summed E-state index contributed by atoms with van der Waals surface area (Å²) in [6, 6.07) is 13.4. The standard InChI is InChI=1S/C18H15N7O/c1-26-16-9-13(7-8-19-16)10-22-24-17-15-11-23-25(18(15)21-12-20-17)14-5-3-2-4-6-14/h2-12H,1H3,(H,20,21,24). The first-order valence-corrected chi connectivity index (χ1v) is 7.88. The zero-order valence-corrected chi connectivity index (χ0v) is 13.9. The Morgan fingerprint density at radius 3 is 2.85 bits per heavy atom. The van der Waals surface area contributed by atoms with Gasteiger partial charge in [-0.15, -0.1) is 0 Å². The van der Waals surface area contributed by atoms with Gasteiger partial charge in [0.2, 0.25) is 5.88 Å². The summed E-state index contributed by atoms with van der Waals surface area (Å²) < 4.78 is 6.86. The zero-order chi connectivity index (χ0) is 17.8. The van der Waals surface area contributed by atoms with Crippen LogP contribution < -0.4 is 10.2 Å². The molecule has 0 aliphatic rings. The Morgan fingerprint density at radius 1 is 1.12 bits per heavy atom. The molecular formula is C18H15N7O. The fourth-order valence-corrected chi connectivity index (χ4v) is 2.48. The van der Waals surface area contributed by atoms with Gasteiger partial charge in [0.05, 0.1) is 30.6 Å². The van der Waals surface area contributed by atoms with Crippen molar-refractivity contribution in [3.8, 4) is 11.6 Å². The van der Waals surface area contributed by atoms with Crippen LogP contribution in [0.1, 0.15) is 5.56 Å². The Kier molecular flexibility index (Phi) is 4.21. The molecule has 0 saturated heterocycles. The summed E-state index contributed by atoms with van der Waals surface area (Å²) in [4.78, 5) is 12.7. The number of aromatic nitrogens is 5. The number of fused-ring (bicyclic) bond motifs is 1. The van der Waals surface area contributed by atoms with Crippen LogP contribution in [0.5, 0.6) is 5.88 Å². The highest BCUT2D eigenvalue weighted by Crippen LogP contribution is 2.21. The molecule has 0 bridgehead atoms. The van der Waals surface area contributed by atoms with Crippen LogP contribution in [0.3, 0.4) is 0 Å². The number of nitrogens with zero attached hydrogens (tertiary/aromatic N) is 6. The van der Waals surface area contributed by atoms with Gasteiger partial charge in [-0.2, -0.15) is 10.2 Å². The van der Waals surface area contributed by atoms with E-state index in [1.807, 2.05) is 36.4 Å². The highest BCUT2D eigenvalue weighted by Gasteiger charge is 2.10. The quantitative estimate of drug-likeness (QED) is 0.442. The summed E-state index contributed by atoms with van der Waals surface area (Å²) in [5.74, 6) is 1.11. The number of para-hydroxylation sites is 1. The summed E-state index contributed by atoms with van der Waals surface area (Å²) in [6.07, 6.45) is 6.53. The third-order valence-corrected chi connectivity index (χ3v) is 3.72. The summed E-state index contributed by atoms with van der Waals surface area (Å²) in [6.45, 7) is 0. The highest BCUT2D eigenvalue weighted by atomic mass is 16.5. The van der Waals surface area contributed by atoms with E-state index in [4.69, 9.17) is 4.74 Å². The molecule has 0 aliphatic carbocycles. The van der Waals surface area contributed by atoms with Gasteiger partial charge in [0, 0.05) is 17.8 Å². The highest BCUT2D eigenvalue weighted by molar-refractivity contribution is 5.88. The van der Waals surface area contributed by atoms with Crippen molar-refractivity contribution in [1.29, 1.82) is 0 Å². The molecule has 0 amide bonds. The first-order valence-electron chi connectivity index (χ1n) is 7.88. The number of rotatable bonds is 5. The fraction of sp³-hybridized carbons (Fsp3) is 0.0556. The van der Waals surface area contributed by atoms with Crippen LogP contribution in [0.25, 0.3) is 16.7 Å². The topological polar surface area (TPSA) is 90.1 Å². The Hall–Kier alpha value is -3.81. The molecule has 0 saturated carbocycles. The van der Waals surface area contributed by atoms with Crippen LogP contribution in [0.4, 0.5) is 5.82 Å². The zero-order valence-electron chi connectivity index (χ0n) is 13.9. The molecule has 3 aromatic heterocycles. The van der Waals surface area contributed by atoms with Gasteiger partial charge >= 0.3 is 0 Å². The number of anilines is 1. The van der Waals surface area contributed by atoms with Crippen LogP contribution >= 0.6 is 0 Å². The molecule has 0 radical (unpaired) electrons. The van der Waals surface area contributed by atoms with Crippen molar-refractivity contribution in [2.45, 2.75) is 0 Å². The second-order valence-corrected chi connectivity index (χ2v) is 5.35. The second-order valence-electron chi connectivity index (χ2n) is 5.35. The van der Waals surface area contributed by atoms with Crippen molar-refractivity contribution in [2.24, 2.45) is 5.10 Å². The van der Waals surface area contributed by atoms with E-state index < -0.39 is 0 Å². The molecule has 128 valence electrons. The lowest BCUT2D eigenvalue weighted by atomic mass is 10.3. The minimum atomic E-state index is 0.530. The van der Waals surface area contributed by atoms with E-state index >= 15 is 0 Å². The van der Waals surface area contributed by atoms with Gasteiger partial charge < -0.3 is 4.74 Å². The van der Waals surface area contributed by atoms with Gasteiger partial charge in [-0.3, -0.25) is 5.43 Å². The number of nitrogens with one attached hydrogen (secondary N) is 1. The number of methoxy groups -OCH3 is 1. The van der Waals surface area contributed by atoms with Crippen LogP contribution in [0.2, 0.25) is 0 Å². The molecule has 0 unspecified atom stereocenters. The van der Waals surface area contributed by atoms with Crippen molar-refractivity contribution < 1.29 is 4.74 Å². The summed E-state index contributed by atoms with van der Waals surface area (Å²) in [7, 11) is 1.57. The monoisotopic (exact) mass is 345 g/mol. The van der Waals surface area contributed by atoms with Crippen molar-refractivity contribution in [1.82, 2.24) is 24.7 Å². The number of pyridine rings is 1. The Morgan fingerprint density at radius 2 is 2.00 bits per heavy atom. The average molecular weight is 345 g/mol. The van der Waals surface area contributed by atoms with Crippen LogP contribution in [-0.4, -0.2) is 38.1 Å². The first kappa shape index (κ1) is 15.7. The minimum absolute atomic E-state index is 0.530. The number of hydrazone groups is 1. The van der Waals surface area contributed by atoms with E-state index in [9.17, 15) is 0 Å². The molecule has 4 rings (SSSR count). The van der Waals surface area contributed by atoms with Gasteiger partial charge in [0.15, 0.2) is 11.5 Å². The molecule has 0 fully saturated rings. The van der Waals surface area contributed by atoms with E-state index in [0.29, 0.717) is 17.3 Å². The predicted octanol–water partition coefficient (Wildman–Crippen LogP) is 2.67. The summed E-state index contributed by atoms with van der Waals surface area (Å²) in [5.41, 5.74) is 5.43. The Bertz CT molecular complexity index is 1060. The lowest BCUT2D eigenvalue weighted by molar-refractivity contribution is 0.398. The Labute approximate surface area is 149 Å². The van der Waals surface area contributed by atoms with Gasteiger partial charge in [-0.1, -0.05) is 18.2 Å². The lowest BCUT2D eigenvalue weighted by Crippen LogP contribution is -1.99. The maximum atomic E-state index is 5.10. The molecule has 3 heterocycles. The van der Waals surface area contributed by atoms with E-state index in [0.717, 1.165) is 16.6 Å². The van der Waals surface area contributed by atoms with Crippen molar-refractivity contribution >= 4 is 23.1 Å². The van der Waals surface area contributed by atoms with Crippen LogP contribution in [0, 0.1) is 0 Å². The van der Waals surface area contributed by atoms with E-state index in [1.165, 1.54) is 6.33 Å².